The van der Waals surface area contributed by atoms with Gasteiger partial charge in [0.25, 0.3) is 0 Å². The van der Waals surface area contributed by atoms with Gasteiger partial charge in [0, 0.05) is 19.7 Å². The van der Waals surface area contributed by atoms with E-state index in [9.17, 15) is 17.9 Å². The topological polar surface area (TPSA) is 57.6 Å². The Morgan fingerprint density at radius 2 is 1.95 bits per heavy atom. The van der Waals surface area contributed by atoms with Crippen molar-refractivity contribution in [2.45, 2.75) is 38.0 Å². The zero-order valence-electron chi connectivity index (χ0n) is 12.5. The fourth-order valence-electron chi connectivity index (χ4n) is 2.75. The summed E-state index contributed by atoms with van der Waals surface area (Å²) in [5.41, 5.74) is 0.163. The van der Waals surface area contributed by atoms with Crippen molar-refractivity contribution in [3.05, 3.63) is 29.6 Å². The van der Waals surface area contributed by atoms with Gasteiger partial charge < -0.3 is 5.11 Å². The molecule has 1 aliphatic rings. The molecule has 4 nitrogen and oxygen atoms in total. The maximum absolute atomic E-state index is 13.3. The average Bonchev–Trinajstić information content (AvgIpc) is 2.50. The van der Waals surface area contributed by atoms with Crippen LogP contribution < -0.4 is 0 Å². The third kappa shape index (κ3) is 3.12. The van der Waals surface area contributed by atoms with Gasteiger partial charge in [0.2, 0.25) is 10.0 Å². The summed E-state index contributed by atoms with van der Waals surface area (Å²) >= 11 is 0. The SMILES string of the molecule is CCC1(CO)CCN(S(=O)(=O)c2ccc(F)c(C)c2)CC1. The van der Waals surface area contributed by atoms with E-state index in [1.54, 1.807) is 6.92 Å². The third-order valence-electron chi connectivity index (χ3n) is 4.64. The fraction of sp³-hybridized carbons (Fsp3) is 0.600. The molecule has 1 aromatic carbocycles. The van der Waals surface area contributed by atoms with Crippen LogP contribution in [0.15, 0.2) is 23.1 Å². The number of aryl methyl sites for hydroxylation is 1. The predicted octanol–water partition coefficient (Wildman–Crippen LogP) is 2.31. The molecule has 0 radical (unpaired) electrons. The fourth-order valence-corrected chi connectivity index (χ4v) is 4.28. The Labute approximate surface area is 125 Å². The van der Waals surface area contributed by atoms with E-state index in [-0.39, 0.29) is 16.9 Å². The second kappa shape index (κ2) is 6.02. The first kappa shape index (κ1) is 16.4. The number of benzene rings is 1. The molecule has 1 fully saturated rings. The van der Waals surface area contributed by atoms with Gasteiger partial charge in [-0.15, -0.1) is 0 Å². The molecule has 0 saturated carbocycles. The van der Waals surface area contributed by atoms with Gasteiger partial charge in [-0.2, -0.15) is 4.31 Å². The zero-order valence-corrected chi connectivity index (χ0v) is 13.3. The van der Waals surface area contributed by atoms with Crippen molar-refractivity contribution in [3.63, 3.8) is 0 Å². The predicted molar refractivity (Wildman–Crippen MR) is 78.9 cm³/mol. The minimum absolute atomic E-state index is 0.0903. The molecule has 0 unspecified atom stereocenters. The van der Waals surface area contributed by atoms with Gasteiger partial charge in [-0.25, -0.2) is 12.8 Å². The first-order valence-electron chi connectivity index (χ1n) is 7.22. The van der Waals surface area contributed by atoms with Crippen LogP contribution in [-0.4, -0.2) is 37.5 Å². The summed E-state index contributed by atoms with van der Waals surface area (Å²) in [5.74, 6) is -0.405. The van der Waals surface area contributed by atoms with Crippen molar-refractivity contribution in [2.75, 3.05) is 19.7 Å². The smallest absolute Gasteiger partial charge is 0.243 e. The molecule has 6 heteroatoms. The van der Waals surface area contributed by atoms with Crippen molar-refractivity contribution in [1.82, 2.24) is 4.31 Å². The van der Waals surface area contributed by atoms with E-state index in [1.807, 2.05) is 6.92 Å². The van der Waals surface area contributed by atoms with Crippen LogP contribution in [0.4, 0.5) is 4.39 Å². The molecule has 1 aliphatic heterocycles. The zero-order chi connectivity index (χ0) is 15.7. The van der Waals surface area contributed by atoms with Crippen molar-refractivity contribution in [1.29, 1.82) is 0 Å². The summed E-state index contributed by atoms with van der Waals surface area (Å²) in [6.45, 7) is 4.45. The minimum atomic E-state index is -3.58. The second-order valence-corrected chi connectivity index (χ2v) is 7.76. The van der Waals surface area contributed by atoms with E-state index in [0.29, 0.717) is 31.5 Å². The summed E-state index contributed by atoms with van der Waals surface area (Å²) in [5, 5.41) is 9.50. The highest BCUT2D eigenvalue weighted by Crippen LogP contribution is 2.36. The molecule has 2 rings (SSSR count). The Balaban J connectivity index is 2.20. The molecule has 0 amide bonds. The van der Waals surface area contributed by atoms with Crippen LogP contribution in [0.5, 0.6) is 0 Å². The number of aliphatic hydroxyl groups is 1. The Kier molecular flexibility index (Phi) is 4.70. The number of aliphatic hydroxyl groups excluding tert-OH is 1. The van der Waals surface area contributed by atoms with Crippen LogP contribution in [0.3, 0.4) is 0 Å². The summed E-state index contributed by atoms with van der Waals surface area (Å²) < 4.78 is 39.9. The molecule has 1 heterocycles. The Morgan fingerprint density at radius 3 is 2.43 bits per heavy atom. The lowest BCUT2D eigenvalue weighted by molar-refractivity contribution is 0.0647. The number of hydrogen-bond donors (Lipinski definition) is 1. The molecule has 118 valence electrons. The molecule has 1 N–H and O–H groups in total. The van der Waals surface area contributed by atoms with Gasteiger partial charge in [0.1, 0.15) is 5.82 Å². The average molecular weight is 315 g/mol. The van der Waals surface area contributed by atoms with E-state index in [4.69, 9.17) is 0 Å². The lowest BCUT2D eigenvalue weighted by atomic mass is 9.77. The molecule has 21 heavy (non-hydrogen) atoms. The number of halogens is 1. The Bertz CT molecular complexity index is 601. The van der Waals surface area contributed by atoms with Crippen LogP contribution >= 0.6 is 0 Å². The lowest BCUT2D eigenvalue weighted by Gasteiger charge is -2.39. The maximum Gasteiger partial charge on any atom is 0.243 e. The largest absolute Gasteiger partial charge is 0.396 e. The third-order valence-corrected chi connectivity index (χ3v) is 6.53. The van der Waals surface area contributed by atoms with Gasteiger partial charge in [-0.1, -0.05) is 6.92 Å². The summed E-state index contributed by atoms with van der Waals surface area (Å²) in [7, 11) is -3.58. The molecule has 0 aliphatic carbocycles. The van der Waals surface area contributed by atoms with Gasteiger partial charge in [-0.05, 0) is 55.4 Å². The van der Waals surface area contributed by atoms with Gasteiger partial charge >= 0.3 is 0 Å². The van der Waals surface area contributed by atoms with Crippen molar-refractivity contribution >= 4 is 10.0 Å². The second-order valence-electron chi connectivity index (χ2n) is 5.83. The van der Waals surface area contributed by atoms with Crippen LogP contribution in [0.25, 0.3) is 0 Å². The highest BCUT2D eigenvalue weighted by Gasteiger charge is 2.37. The van der Waals surface area contributed by atoms with Gasteiger partial charge in [0.05, 0.1) is 4.90 Å². The monoisotopic (exact) mass is 315 g/mol. The summed E-state index contributed by atoms with van der Waals surface area (Å²) in [6, 6.07) is 3.87. The first-order valence-corrected chi connectivity index (χ1v) is 8.66. The van der Waals surface area contributed by atoms with E-state index in [0.717, 1.165) is 6.42 Å². The van der Waals surface area contributed by atoms with E-state index < -0.39 is 15.8 Å². The van der Waals surface area contributed by atoms with Crippen molar-refractivity contribution < 1.29 is 17.9 Å². The van der Waals surface area contributed by atoms with Crippen LogP contribution in [-0.2, 0) is 10.0 Å². The standard InChI is InChI=1S/C15H22FNO3S/c1-3-15(11-18)6-8-17(9-7-15)21(19,20)13-4-5-14(16)12(2)10-13/h4-5,10,18H,3,6-9,11H2,1-2H3. The molecular weight excluding hydrogens is 293 g/mol. The van der Waals surface area contributed by atoms with Crippen LogP contribution in [0.1, 0.15) is 31.7 Å². The molecular formula is C15H22FNO3S. The minimum Gasteiger partial charge on any atom is -0.396 e. The quantitative estimate of drug-likeness (QED) is 0.927. The number of piperidine rings is 1. The van der Waals surface area contributed by atoms with E-state index in [1.165, 1.54) is 22.5 Å². The summed E-state index contributed by atoms with van der Waals surface area (Å²) in [4.78, 5) is 0.134. The van der Waals surface area contributed by atoms with Gasteiger partial charge in [0.15, 0.2) is 0 Å². The number of hydrogen-bond acceptors (Lipinski definition) is 3. The number of rotatable bonds is 4. The molecule has 1 saturated heterocycles. The molecule has 1 aromatic rings. The molecule has 0 bridgehead atoms. The Hall–Kier alpha value is -0.980. The molecule has 0 aromatic heterocycles. The van der Waals surface area contributed by atoms with Crippen molar-refractivity contribution in [3.8, 4) is 0 Å². The number of sulfonamides is 1. The lowest BCUT2D eigenvalue weighted by Crippen LogP contribution is -2.44. The highest BCUT2D eigenvalue weighted by molar-refractivity contribution is 7.89. The van der Waals surface area contributed by atoms with E-state index in [2.05, 4.69) is 0 Å². The number of nitrogens with zero attached hydrogens (tertiary/aromatic N) is 1. The highest BCUT2D eigenvalue weighted by atomic mass is 32.2. The van der Waals surface area contributed by atoms with E-state index >= 15 is 0 Å². The maximum atomic E-state index is 13.3. The van der Waals surface area contributed by atoms with Crippen LogP contribution in [0, 0.1) is 18.2 Å². The first-order chi connectivity index (χ1) is 9.84. The van der Waals surface area contributed by atoms with Gasteiger partial charge in [-0.3, -0.25) is 0 Å². The van der Waals surface area contributed by atoms with Crippen LogP contribution in [0.2, 0.25) is 0 Å². The molecule has 0 atom stereocenters. The Morgan fingerprint density at radius 1 is 1.33 bits per heavy atom. The summed E-state index contributed by atoms with van der Waals surface area (Å²) in [6.07, 6.45) is 2.14. The normalized spacial score (nSPS) is 19.6. The molecule has 0 spiro atoms. The van der Waals surface area contributed by atoms with Crippen molar-refractivity contribution in [2.24, 2.45) is 5.41 Å².